The SMILES string of the molecule is CCc1cc(CNC(=O)CC2C(=O)NCCN2Cc2ccc(F)cc2)on1. The molecule has 27 heavy (non-hydrogen) atoms. The quantitative estimate of drug-likeness (QED) is 0.765. The number of halogens is 1. The third kappa shape index (κ3) is 5.13. The lowest BCUT2D eigenvalue weighted by Crippen LogP contribution is -2.56. The van der Waals surface area contributed by atoms with Crippen LogP contribution in [0.4, 0.5) is 4.39 Å². The van der Waals surface area contributed by atoms with Crippen LogP contribution in [0.25, 0.3) is 0 Å². The third-order valence-corrected chi connectivity index (χ3v) is 4.55. The highest BCUT2D eigenvalue weighted by Crippen LogP contribution is 2.15. The molecule has 8 heteroatoms. The molecule has 1 aliphatic heterocycles. The highest BCUT2D eigenvalue weighted by Gasteiger charge is 2.31. The third-order valence-electron chi connectivity index (χ3n) is 4.55. The molecule has 0 radical (unpaired) electrons. The Hall–Kier alpha value is -2.74. The van der Waals surface area contributed by atoms with Crippen molar-refractivity contribution in [2.45, 2.75) is 38.9 Å². The van der Waals surface area contributed by atoms with Crippen molar-refractivity contribution in [3.63, 3.8) is 0 Å². The average Bonchev–Trinajstić information content (AvgIpc) is 3.13. The lowest BCUT2D eigenvalue weighted by atomic mass is 10.1. The normalized spacial score (nSPS) is 17.6. The first kappa shape index (κ1) is 19.0. The van der Waals surface area contributed by atoms with Crippen molar-refractivity contribution in [1.29, 1.82) is 0 Å². The summed E-state index contributed by atoms with van der Waals surface area (Å²) < 4.78 is 18.2. The molecule has 1 fully saturated rings. The molecule has 0 spiro atoms. The monoisotopic (exact) mass is 374 g/mol. The van der Waals surface area contributed by atoms with E-state index in [0.29, 0.717) is 25.4 Å². The van der Waals surface area contributed by atoms with E-state index >= 15 is 0 Å². The van der Waals surface area contributed by atoms with Crippen LogP contribution in [-0.2, 0) is 29.1 Å². The lowest BCUT2D eigenvalue weighted by Gasteiger charge is -2.34. The zero-order chi connectivity index (χ0) is 19.2. The number of nitrogens with one attached hydrogen (secondary N) is 2. The molecule has 0 saturated carbocycles. The maximum atomic E-state index is 13.1. The first-order valence-corrected chi connectivity index (χ1v) is 9.02. The molecule has 2 amide bonds. The van der Waals surface area contributed by atoms with Crippen molar-refractivity contribution in [1.82, 2.24) is 20.7 Å². The zero-order valence-electron chi connectivity index (χ0n) is 15.2. The number of hydrogen-bond donors (Lipinski definition) is 2. The second-order valence-electron chi connectivity index (χ2n) is 6.52. The van der Waals surface area contributed by atoms with Gasteiger partial charge in [0, 0.05) is 25.7 Å². The molecule has 1 aromatic carbocycles. The Morgan fingerprint density at radius 3 is 2.89 bits per heavy atom. The topological polar surface area (TPSA) is 87.5 Å². The zero-order valence-corrected chi connectivity index (χ0v) is 15.2. The molecule has 1 aliphatic rings. The number of carbonyl (C=O) groups excluding carboxylic acids is 2. The van der Waals surface area contributed by atoms with E-state index < -0.39 is 6.04 Å². The van der Waals surface area contributed by atoms with Gasteiger partial charge in [-0.25, -0.2) is 4.39 Å². The Bertz CT molecular complexity index is 791. The molecular formula is C19H23FN4O3. The molecule has 144 valence electrons. The van der Waals surface area contributed by atoms with E-state index in [9.17, 15) is 14.0 Å². The van der Waals surface area contributed by atoms with Crippen LogP contribution < -0.4 is 10.6 Å². The van der Waals surface area contributed by atoms with Gasteiger partial charge in [0.05, 0.1) is 24.7 Å². The highest BCUT2D eigenvalue weighted by atomic mass is 19.1. The first-order chi connectivity index (χ1) is 13.0. The maximum absolute atomic E-state index is 13.1. The Balaban J connectivity index is 1.58. The van der Waals surface area contributed by atoms with Gasteiger partial charge in [0.1, 0.15) is 5.82 Å². The minimum absolute atomic E-state index is 0.0435. The number of nitrogens with zero attached hydrogens (tertiary/aromatic N) is 2. The van der Waals surface area contributed by atoms with Gasteiger partial charge in [-0.1, -0.05) is 24.2 Å². The van der Waals surface area contributed by atoms with Crippen LogP contribution in [-0.4, -0.2) is 41.0 Å². The van der Waals surface area contributed by atoms with Gasteiger partial charge >= 0.3 is 0 Å². The van der Waals surface area contributed by atoms with Crippen LogP contribution in [0.5, 0.6) is 0 Å². The Morgan fingerprint density at radius 2 is 2.19 bits per heavy atom. The van der Waals surface area contributed by atoms with Gasteiger partial charge in [-0.05, 0) is 24.1 Å². The second-order valence-corrected chi connectivity index (χ2v) is 6.52. The van der Waals surface area contributed by atoms with E-state index in [-0.39, 0.29) is 30.6 Å². The summed E-state index contributed by atoms with van der Waals surface area (Å²) in [6.45, 7) is 3.84. The minimum atomic E-state index is -0.565. The predicted molar refractivity (Wildman–Crippen MR) is 96.0 cm³/mol. The molecule has 1 unspecified atom stereocenters. The number of carbonyl (C=O) groups is 2. The number of aryl methyl sites for hydroxylation is 1. The van der Waals surface area contributed by atoms with Crippen LogP contribution >= 0.6 is 0 Å². The van der Waals surface area contributed by atoms with Crippen LogP contribution in [0.2, 0.25) is 0 Å². The van der Waals surface area contributed by atoms with Gasteiger partial charge < -0.3 is 15.2 Å². The first-order valence-electron chi connectivity index (χ1n) is 9.02. The Morgan fingerprint density at radius 1 is 1.41 bits per heavy atom. The summed E-state index contributed by atoms with van der Waals surface area (Å²) in [5, 5.41) is 9.45. The number of rotatable bonds is 7. The molecule has 7 nitrogen and oxygen atoms in total. The minimum Gasteiger partial charge on any atom is -0.359 e. The molecule has 2 heterocycles. The summed E-state index contributed by atoms with van der Waals surface area (Å²) in [5.41, 5.74) is 1.72. The number of aromatic nitrogens is 1. The molecule has 1 aromatic heterocycles. The van der Waals surface area contributed by atoms with Crippen molar-refractivity contribution in [2.24, 2.45) is 0 Å². The van der Waals surface area contributed by atoms with E-state index in [4.69, 9.17) is 4.52 Å². The van der Waals surface area contributed by atoms with Crippen LogP contribution in [0.3, 0.4) is 0 Å². The fraction of sp³-hybridized carbons (Fsp3) is 0.421. The number of benzene rings is 1. The van der Waals surface area contributed by atoms with E-state index in [2.05, 4.69) is 15.8 Å². The fourth-order valence-electron chi connectivity index (χ4n) is 3.04. The summed E-state index contributed by atoms with van der Waals surface area (Å²) in [4.78, 5) is 26.5. The molecule has 1 saturated heterocycles. The Kier molecular flexibility index (Phi) is 6.18. The van der Waals surface area contributed by atoms with Gasteiger partial charge in [0.2, 0.25) is 11.8 Å². The summed E-state index contributed by atoms with van der Waals surface area (Å²) in [5.74, 6) is -0.136. The predicted octanol–water partition coefficient (Wildman–Crippen LogP) is 1.38. The van der Waals surface area contributed by atoms with Crippen molar-refractivity contribution in [2.75, 3.05) is 13.1 Å². The van der Waals surface area contributed by atoms with Gasteiger partial charge in [-0.3, -0.25) is 14.5 Å². The van der Waals surface area contributed by atoms with Gasteiger partial charge in [-0.2, -0.15) is 0 Å². The number of hydrogen-bond acceptors (Lipinski definition) is 5. The highest BCUT2D eigenvalue weighted by molar-refractivity contribution is 5.88. The van der Waals surface area contributed by atoms with Crippen LogP contribution in [0, 0.1) is 5.82 Å². The largest absolute Gasteiger partial charge is 0.359 e. The van der Waals surface area contributed by atoms with E-state index in [1.807, 2.05) is 11.8 Å². The molecular weight excluding hydrogens is 351 g/mol. The fourth-order valence-corrected chi connectivity index (χ4v) is 3.04. The lowest BCUT2D eigenvalue weighted by molar-refractivity contribution is -0.134. The molecule has 0 aliphatic carbocycles. The summed E-state index contributed by atoms with van der Waals surface area (Å²) in [6, 6.07) is 7.40. The summed E-state index contributed by atoms with van der Waals surface area (Å²) in [7, 11) is 0. The van der Waals surface area contributed by atoms with Gasteiger partial charge in [-0.15, -0.1) is 0 Å². The maximum Gasteiger partial charge on any atom is 0.237 e. The van der Waals surface area contributed by atoms with Crippen LogP contribution in [0.1, 0.15) is 30.4 Å². The number of amides is 2. The number of piperazine rings is 1. The molecule has 2 aromatic rings. The van der Waals surface area contributed by atoms with E-state index in [1.54, 1.807) is 18.2 Å². The van der Waals surface area contributed by atoms with Crippen molar-refractivity contribution >= 4 is 11.8 Å². The average molecular weight is 374 g/mol. The smallest absolute Gasteiger partial charge is 0.237 e. The molecule has 3 rings (SSSR count). The molecule has 0 bridgehead atoms. The van der Waals surface area contributed by atoms with E-state index in [1.165, 1.54) is 12.1 Å². The summed E-state index contributed by atoms with van der Waals surface area (Å²) >= 11 is 0. The summed E-state index contributed by atoms with van der Waals surface area (Å²) in [6.07, 6.45) is 0.805. The molecule has 1 atom stereocenters. The van der Waals surface area contributed by atoms with Gasteiger partial charge in [0.25, 0.3) is 0 Å². The van der Waals surface area contributed by atoms with Crippen molar-refractivity contribution < 1.29 is 18.5 Å². The van der Waals surface area contributed by atoms with Crippen LogP contribution in [0.15, 0.2) is 34.9 Å². The van der Waals surface area contributed by atoms with Crippen molar-refractivity contribution in [3.05, 3.63) is 53.2 Å². The van der Waals surface area contributed by atoms with Crippen molar-refractivity contribution in [3.8, 4) is 0 Å². The standard InChI is InChI=1S/C19H23FN4O3/c1-2-15-9-16(27-23-15)11-22-18(25)10-17-19(26)21-7-8-24(17)12-13-3-5-14(20)6-4-13/h3-6,9,17H,2,7-8,10-12H2,1H3,(H,21,26)(H,22,25). The van der Waals surface area contributed by atoms with Gasteiger partial charge in [0.15, 0.2) is 5.76 Å². The second kappa shape index (κ2) is 8.77. The van der Waals surface area contributed by atoms with E-state index in [0.717, 1.165) is 17.7 Å². The Labute approximate surface area is 156 Å². The molecule has 2 N–H and O–H groups in total.